The lowest BCUT2D eigenvalue weighted by atomic mass is 10.1. The molecule has 3 heterocycles. The zero-order valence-electron chi connectivity index (χ0n) is 17.7. The highest BCUT2D eigenvalue weighted by Gasteiger charge is 2.34. The van der Waals surface area contributed by atoms with Gasteiger partial charge in [-0.15, -0.1) is 0 Å². The summed E-state index contributed by atoms with van der Waals surface area (Å²) in [6.45, 7) is 3.58. The third-order valence-corrected chi connectivity index (χ3v) is 6.15. The highest BCUT2D eigenvalue weighted by molar-refractivity contribution is 5.83. The Bertz CT molecular complexity index is 1130. The maximum atomic E-state index is 14.8. The van der Waals surface area contributed by atoms with Crippen molar-refractivity contribution in [2.24, 2.45) is 11.7 Å². The van der Waals surface area contributed by atoms with Crippen LogP contribution < -0.4 is 16.0 Å². The van der Waals surface area contributed by atoms with Crippen molar-refractivity contribution in [2.45, 2.75) is 12.8 Å². The molecular formula is C23H26F2N6O. The number of carbonyl (C=O) groups excluding carboxylic acids is 1. The molecule has 2 aliphatic rings. The molecule has 1 aliphatic heterocycles. The Labute approximate surface area is 184 Å². The number of carbonyl (C=O) groups is 1. The van der Waals surface area contributed by atoms with Gasteiger partial charge in [0, 0.05) is 68.8 Å². The molecule has 168 valence electrons. The lowest BCUT2D eigenvalue weighted by Gasteiger charge is -2.36. The molecular weight excluding hydrogens is 414 g/mol. The van der Waals surface area contributed by atoms with E-state index in [1.54, 1.807) is 23.0 Å². The number of hydrogen-bond acceptors (Lipinski definition) is 5. The zero-order chi connectivity index (χ0) is 22.2. The van der Waals surface area contributed by atoms with Crippen molar-refractivity contribution in [3.63, 3.8) is 0 Å². The van der Waals surface area contributed by atoms with Gasteiger partial charge in [0.05, 0.1) is 16.8 Å². The van der Waals surface area contributed by atoms with E-state index in [-0.39, 0.29) is 17.4 Å². The fraction of sp³-hybridized carbons (Fsp3) is 0.391. The summed E-state index contributed by atoms with van der Waals surface area (Å²) < 4.78 is 31.3. The smallest absolute Gasteiger partial charge is 0.225 e. The molecule has 0 atom stereocenters. The van der Waals surface area contributed by atoms with Crippen LogP contribution in [0.1, 0.15) is 12.8 Å². The Morgan fingerprint density at radius 3 is 2.50 bits per heavy atom. The third-order valence-electron chi connectivity index (χ3n) is 6.15. The van der Waals surface area contributed by atoms with Gasteiger partial charge in [-0.05, 0) is 37.1 Å². The standard InChI is InChI=1S/C23H26F2N6O/c24-18-12-17(27-6-4-26)13-19(25)22(18)16-11-21-20(3-5-28-31(21)14-16)29-7-9-30(10-8-29)23(32)15-1-2-15/h3,5,11-15,27H,1-2,4,6-10,26H2. The largest absolute Gasteiger partial charge is 0.384 e. The Kier molecular flexibility index (Phi) is 5.42. The first-order valence-corrected chi connectivity index (χ1v) is 11.0. The lowest BCUT2D eigenvalue weighted by Crippen LogP contribution is -2.49. The Morgan fingerprint density at radius 2 is 1.84 bits per heavy atom. The third kappa shape index (κ3) is 3.88. The topological polar surface area (TPSA) is 78.9 Å². The summed E-state index contributed by atoms with van der Waals surface area (Å²) in [6, 6.07) is 6.23. The van der Waals surface area contributed by atoms with E-state index in [2.05, 4.69) is 15.3 Å². The summed E-state index contributed by atoms with van der Waals surface area (Å²) >= 11 is 0. The van der Waals surface area contributed by atoms with Crippen LogP contribution in [-0.4, -0.2) is 59.7 Å². The van der Waals surface area contributed by atoms with Gasteiger partial charge in [0.25, 0.3) is 0 Å². The minimum Gasteiger partial charge on any atom is -0.384 e. The molecule has 32 heavy (non-hydrogen) atoms. The van der Waals surface area contributed by atoms with Crippen molar-refractivity contribution < 1.29 is 13.6 Å². The van der Waals surface area contributed by atoms with Gasteiger partial charge < -0.3 is 20.9 Å². The molecule has 5 rings (SSSR count). The van der Waals surface area contributed by atoms with Gasteiger partial charge in [0.15, 0.2) is 0 Å². The van der Waals surface area contributed by atoms with Gasteiger partial charge >= 0.3 is 0 Å². The van der Waals surface area contributed by atoms with E-state index in [0.29, 0.717) is 50.5 Å². The summed E-state index contributed by atoms with van der Waals surface area (Å²) in [5, 5.41) is 7.23. The fourth-order valence-electron chi connectivity index (χ4n) is 4.33. The van der Waals surface area contributed by atoms with Crippen LogP contribution in [0.15, 0.2) is 36.7 Å². The number of rotatable bonds is 6. The average Bonchev–Trinajstić information content (AvgIpc) is 3.55. The van der Waals surface area contributed by atoms with Crippen molar-refractivity contribution in [1.82, 2.24) is 14.5 Å². The Morgan fingerprint density at radius 1 is 1.12 bits per heavy atom. The van der Waals surface area contributed by atoms with Gasteiger partial charge in [-0.1, -0.05) is 0 Å². The number of halogens is 2. The first kappa shape index (κ1) is 20.7. The Balaban J connectivity index is 1.41. The van der Waals surface area contributed by atoms with Crippen LogP contribution in [0, 0.1) is 17.6 Å². The molecule has 9 heteroatoms. The van der Waals surface area contributed by atoms with E-state index in [1.165, 1.54) is 12.1 Å². The van der Waals surface area contributed by atoms with Crippen LogP contribution in [0.5, 0.6) is 0 Å². The second kappa shape index (κ2) is 8.38. The molecule has 0 bridgehead atoms. The van der Waals surface area contributed by atoms with Gasteiger partial charge in [-0.3, -0.25) is 4.79 Å². The second-order valence-electron chi connectivity index (χ2n) is 8.39. The van der Waals surface area contributed by atoms with Crippen LogP contribution in [-0.2, 0) is 4.79 Å². The summed E-state index contributed by atoms with van der Waals surface area (Å²) in [4.78, 5) is 16.5. The van der Waals surface area contributed by atoms with Gasteiger partial charge in [0.1, 0.15) is 11.6 Å². The minimum atomic E-state index is -0.644. The van der Waals surface area contributed by atoms with E-state index in [4.69, 9.17) is 5.73 Å². The zero-order valence-corrected chi connectivity index (χ0v) is 17.7. The number of hydrogen-bond donors (Lipinski definition) is 2. The summed E-state index contributed by atoms with van der Waals surface area (Å²) in [6.07, 6.45) is 5.34. The fourth-order valence-corrected chi connectivity index (χ4v) is 4.33. The number of aromatic nitrogens is 2. The van der Waals surface area contributed by atoms with Crippen molar-refractivity contribution in [3.8, 4) is 11.1 Å². The van der Waals surface area contributed by atoms with Gasteiger partial charge in [0.2, 0.25) is 5.91 Å². The molecule has 3 N–H and O–H groups in total. The molecule has 2 fully saturated rings. The van der Waals surface area contributed by atoms with Crippen molar-refractivity contribution in [2.75, 3.05) is 49.5 Å². The number of benzene rings is 1. The lowest BCUT2D eigenvalue weighted by molar-refractivity contribution is -0.132. The molecule has 1 amide bonds. The normalized spacial score (nSPS) is 16.6. The first-order valence-electron chi connectivity index (χ1n) is 11.0. The molecule has 0 radical (unpaired) electrons. The molecule has 0 unspecified atom stereocenters. The number of nitrogens with one attached hydrogen (secondary N) is 1. The summed E-state index contributed by atoms with van der Waals surface area (Å²) in [5.74, 6) is -0.794. The number of piperazine rings is 1. The molecule has 7 nitrogen and oxygen atoms in total. The predicted molar refractivity (Wildman–Crippen MR) is 120 cm³/mol. The molecule has 1 saturated heterocycles. The van der Waals surface area contributed by atoms with Crippen molar-refractivity contribution in [3.05, 3.63) is 48.3 Å². The van der Waals surface area contributed by atoms with Crippen LogP contribution in [0.25, 0.3) is 16.6 Å². The minimum absolute atomic E-state index is 0.0837. The number of fused-ring (bicyclic) bond motifs is 1. The van der Waals surface area contributed by atoms with E-state index in [9.17, 15) is 13.6 Å². The number of anilines is 2. The molecule has 0 spiro atoms. The van der Waals surface area contributed by atoms with Crippen LogP contribution in [0.3, 0.4) is 0 Å². The molecule has 1 aromatic carbocycles. The number of amides is 1. The van der Waals surface area contributed by atoms with Crippen molar-refractivity contribution in [1.29, 1.82) is 0 Å². The SMILES string of the molecule is NCCNc1cc(F)c(-c2cc3c(N4CCN(C(=O)C5CC5)CC4)ccnn3c2)c(F)c1. The average molecular weight is 440 g/mol. The Hall–Kier alpha value is -3.20. The van der Waals surface area contributed by atoms with Crippen LogP contribution >= 0.6 is 0 Å². The highest BCUT2D eigenvalue weighted by atomic mass is 19.1. The molecule has 3 aromatic rings. The van der Waals surface area contributed by atoms with Crippen molar-refractivity contribution >= 4 is 22.8 Å². The molecule has 1 aliphatic carbocycles. The number of nitrogens with two attached hydrogens (primary N) is 1. The maximum Gasteiger partial charge on any atom is 0.225 e. The van der Waals surface area contributed by atoms with Gasteiger partial charge in [-0.2, -0.15) is 5.10 Å². The first-order chi connectivity index (χ1) is 15.5. The second-order valence-corrected chi connectivity index (χ2v) is 8.39. The summed E-state index contributed by atoms with van der Waals surface area (Å²) in [7, 11) is 0. The monoisotopic (exact) mass is 440 g/mol. The van der Waals surface area contributed by atoms with E-state index in [1.807, 2.05) is 11.0 Å². The highest BCUT2D eigenvalue weighted by Crippen LogP contribution is 2.34. The van der Waals surface area contributed by atoms with E-state index < -0.39 is 11.6 Å². The quantitative estimate of drug-likeness (QED) is 0.616. The maximum absolute atomic E-state index is 14.8. The van der Waals surface area contributed by atoms with E-state index in [0.717, 1.165) is 24.0 Å². The van der Waals surface area contributed by atoms with Crippen LogP contribution in [0.4, 0.5) is 20.2 Å². The molecule has 1 saturated carbocycles. The summed E-state index contributed by atoms with van der Waals surface area (Å²) in [5.41, 5.74) is 7.85. The molecule has 2 aromatic heterocycles. The number of nitrogens with zero attached hydrogens (tertiary/aromatic N) is 4. The predicted octanol–water partition coefficient (Wildman–Crippen LogP) is 2.71. The van der Waals surface area contributed by atoms with Gasteiger partial charge in [-0.25, -0.2) is 13.3 Å². The van der Waals surface area contributed by atoms with Crippen LogP contribution in [0.2, 0.25) is 0 Å². The van der Waals surface area contributed by atoms with E-state index >= 15 is 0 Å².